The van der Waals surface area contributed by atoms with Crippen molar-refractivity contribution in [3.8, 4) is 22.8 Å². The molecule has 0 aliphatic carbocycles. The number of aromatic nitrogens is 4. The molecule has 5 N–H and O–H groups in total. The third-order valence-electron chi connectivity index (χ3n) is 4.25. The SMILES string of the molecule is O=C(NCCCO)Nc1ccc2nc(-c3ccc[nH]3)c(-c3ccc[nH]3)nc2c1. The lowest BCUT2D eigenvalue weighted by atomic mass is 10.1. The Balaban J connectivity index is 1.69. The molecule has 4 aromatic rings. The predicted octanol–water partition coefficient (Wildman–Crippen LogP) is 3.12. The number of carbonyl (C=O) groups is 1. The van der Waals surface area contributed by atoms with Crippen molar-refractivity contribution in [3.05, 3.63) is 54.9 Å². The number of rotatable bonds is 6. The lowest BCUT2D eigenvalue weighted by molar-refractivity contribution is 0.249. The highest BCUT2D eigenvalue weighted by Gasteiger charge is 2.15. The number of fused-ring (bicyclic) bond motifs is 1. The van der Waals surface area contributed by atoms with Crippen LogP contribution in [0, 0.1) is 0 Å². The highest BCUT2D eigenvalue weighted by molar-refractivity contribution is 5.93. The Morgan fingerprint density at radius 3 is 2.25 bits per heavy atom. The number of carbonyl (C=O) groups excluding carboxylic acids is 1. The van der Waals surface area contributed by atoms with E-state index in [-0.39, 0.29) is 12.6 Å². The quantitative estimate of drug-likeness (QED) is 0.332. The molecule has 0 unspecified atom stereocenters. The van der Waals surface area contributed by atoms with Gasteiger partial charge in [0, 0.05) is 31.2 Å². The summed E-state index contributed by atoms with van der Waals surface area (Å²) in [5.74, 6) is 0. The van der Waals surface area contributed by atoms with Crippen molar-refractivity contribution in [2.45, 2.75) is 6.42 Å². The monoisotopic (exact) mass is 376 g/mol. The van der Waals surface area contributed by atoms with Crippen LogP contribution in [-0.4, -0.2) is 44.2 Å². The molecule has 2 amide bonds. The van der Waals surface area contributed by atoms with Gasteiger partial charge in [-0.2, -0.15) is 0 Å². The molecule has 0 atom stereocenters. The van der Waals surface area contributed by atoms with Crippen molar-refractivity contribution in [3.63, 3.8) is 0 Å². The van der Waals surface area contributed by atoms with Crippen molar-refractivity contribution in [2.24, 2.45) is 0 Å². The number of aromatic amines is 2. The van der Waals surface area contributed by atoms with Gasteiger partial charge in [0.1, 0.15) is 11.4 Å². The lowest BCUT2D eigenvalue weighted by Gasteiger charge is -2.10. The molecule has 4 rings (SSSR count). The first-order chi connectivity index (χ1) is 13.7. The van der Waals surface area contributed by atoms with Crippen LogP contribution in [0.3, 0.4) is 0 Å². The Labute approximate surface area is 161 Å². The Morgan fingerprint density at radius 2 is 1.64 bits per heavy atom. The number of nitrogens with one attached hydrogen (secondary N) is 4. The standard InChI is InChI=1S/C20H20N6O2/c27-11-3-10-23-20(28)24-13-6-7-14-17(12-13)26-19(16-5-2-9-22-16)18(25-14)15-4-1-8-21-15/h1-2,4-9,12,21-22,27H,3,10-11H2,(H2,23,24,28). The van der Waals surface area contributed by atoms with Crippen LogP contribution in [0.4, 0.5) is 10.5 Å². The second kappa shape index (κ2) is 7.93. The number of H-pyrrole nitrogens is 2. The minimum absolute atomic E-state index is 0.0382. The number of hydrogen-bond acceptors (Lipinski definition) is 4. The van der Waals surface area contributed by atoms with Crippen LogP contribution < -0.4 is 10.6 Å². The molecule has 0 saturated heterocycles. The first-order valence-electron chi connectivity index (χ1n) is 8.99. The van der Waals surface area contributed by atoms with Gasteiger partial charge in [-0.05, 0) is 48.9 Å². The van der Waals surface area contributed by atoms with Gasteiger partial charge in [0.05, 0.1) is 22.4 Å². The van der Waals surface area contributed by atoms with Gasteiger partial charge >= 0.3 is 6.03 Å². The molecule has 0 bridgehead atoms. The molecule has 8 nitrogen and oxygen atoms in total. The summed E-state index contributed by atoms with van der Waals surface area (Å²) in [5.41, 5.74) is 5.24. The molecule has 0 aliphatic heterocycles. The molecule has 0 spiro atoms. The largest absolute Gasteiger partial charge is 0.396 e. The minimum Gasteiger partial charge on any atom is -0.396 e. The van der Waals surface area contributed by atoms with E-state index < -0.39 is 0 Å². The van der Waals surface area contributed by atoms with Crippen LogP contribution >= 0.6 is 0 Å². The molecule has 1 aromatic carbocycles. The minimum atomic E-state index is -0.326. The zero-order valence-corrected chi connectivity index (χ0v) is 15.1. The molecule has 3 aromatic heterocycles. The fraction of sp³-hybridized carbons (Fsp3) is 0.150. The first kappa shape index (κ1) is 17.7. The lowest BCUT2D eigenvalue weighted by Crippen LogP contribution is -2.29. The highest BCUT2D eigenvalue weighted by Crippen LogP contribution is 2.29. The van der Waals surface area contributed by atoms with Crippen LogP contribution in [0.15, 0.2) is 54.9 Å². The van der Waals surface area contributed by atoms with E-state index >= 15 is 0 Å². The summed E-state index contributed by atoms with van der Waals surface area (Å²) in [7, 11) is 0. The van der Waals surface area contributed by atoms with Crippen LogP contribution in [-0.2, 0) is 0 Å². The van der Waals surface area contributed by atoms with Gasteiger partial charge in [-0.1, -0.05) is 0 Å². The number of amides is 2. The van der Waals surface area contributed by atoms with Crippen molar-refractivity contribution >= 4 is 22.8 Å². The Hall–Kier alpha value is -3.65. The van der Waals surface area contributed by atoms with E-state index in [2.05, 4.69) is 20.6 Å². The molecule has 142 valence electrons. The van der Waals surface area contributed by atoms with E-state index in [1.54, 1.807) is 12.1 Å². The predicted molar refractivity (Wildman–Crippen MR) is 108 cm³/mol. The van der Waals surface area contributed by atoms with Crippen molar-refractivity contribution in [1.29, 1.82) is 0 Å². The van der Waals surface area contributed by atoms with Gasteiger partial charge in [-0.25, -0.2) is 14.8 Å². The van der Waals surface area contributed by atoms with E-state index in [9.17, 15) is 4.79 Å². The Morgan fingerprint density at radius 1 is 0.964 bits per heavy atom. The Kier molecular flexibility index (Phi) is 5.03. The zero-order valence-electron chi connectivity index (χ0n) is 15.1. The molecular formula is C20H20N6O2. The van der Waals surface area contributed by atoms with Crippen molar-refractivity contribution in [2.75, 3.05) is 18.5 Å². The number of benzene rings is 1. The van der Waals surface area contributed by atoms with Crippen LogP contribution in [0.25, 0.3) is 33.8 Å². The molecule has 0 radical (unpaired) electrons. The van der Waals surface area contributed by atoms with E-state index in [0.717, 1.165) is 28.3 Å². The first-order valence-corrected chi connectivity index (χ1v) is 8.99. The van der Waals surface area contributed by atoms with Crippen LogP contribution in [0.1, 0.15) is 6.42 Å². The van der Waals surface area contributed by atoms with Crippen molar-refractivity contribution < 1.29 is 9.90 Å². The summed E-state index contributed by atoms with van der Waals surface area (Å²) in [4.78, 5) is 27.9. The van der Waals surface area contributed by atoms with Crippen molar-refractivity contribution in [1.82, 2.24) is 25.3 Å². The number of anilines is 1. The normalized spacial score (nSPS) is 10.9. The van der Waals surface area contributed by atoms with Gasteiger partial charge in [0.25, 0.3) is 0 Å². The molecular weight excluding hydrogens is 356 g/mol. The number of urea groups is 1. The van der Waals surface area contributed by atoms with Gasteiger partial charge < -0.3 is 25.7 Å². The third-order valence-corrected chi connectivity index (χ3v) is 4.25. The Bertz CT molecular complexity index is 1070. The van der Waals surface area contributed by atoms with Crippen LogP contribution in [0.5, 0.6) is 0 Å². The maximum absolute atomic E-state index is 11.9. The van der Waals surface area contributed by atoms with E-state index in [1.165, 1.54) is 0 Å². The molecule has 8 heteroatoms. The number of aliphatic hydroxyl groups excluding tert-OH is 1. The average molecular weight is 376 g/mol. The summed E-state index contributed by atoms with van der Waals surface area (Å²) in [5, 5.41) is 14.3. The number of aliphatic hydroxyl groups is 1. The van der Waals surface area contributed by atoms with Gasteiger partial charge in [-0.15, -0.1) is 0 Å². The van der Waals surface area contributed by atoms with Crippen LogP contribution in [0.2, 0.25) is 0 Å². The zero-order chi connectivity index (χ0) is 19.3. The number of hydrogen-bond donors (Lipinski definition) is 5. The number of nitrogens with zero attached hydrogens (tertiary/aromatic N) is 2. The van der Waals surface area contributed by atoms with Gasteiger partial charge in [-0.3, -0.25) is 0 Å². The average Bonchev–Trinajstić information content (AvgIpc) is 3.41. The fourth-order valence-electron chi connectivity index (χ4n) is 2.92. The van der Waals surface area contributed by atoms with Gasteiger partial charge in [0.2, 0.25) is 0 Å². The summed E-state index contributed by atoms with van der Waals surface area (Å²) in [6.45, 7) is 0.447. The summed E-state index contributed by atoms with van der Waals surface area (Å²) >= 11 is 0. The maximum Gasteiger partial charge on any atom is 0.319 e. The smallest absolute Gasteiger partial charge is 0.319 e. The third kappa shape index (κ3) is 3.72. The molecule has 3 heterocycles. The summed E-state index contributed by atoms with van der Waals surface area (Å²) in [6, 6.07) is 12.8. The van der Waals surface area contributed by atoms with E-state index in [4.69, 9.17) is 15.1 Å². The van der Waals surface area contributed by atoms with E-state index in [0.29, 0.717) is 24.2 Å². The summed E-state index contributed by atoms with van der Waals surface area (Å²) < 4.78 is 0. The molecule has 28 heavy (non-hydrogen) atoms. The highest BCUT2D eigenvalue weighted by atomic mass is 16.3. The second-order valence-electron chi connectivity index (χ2n) is 6.25. The molecule has 0 saturated carbocycles. The second-order valence-corrected chi connectivity index (χ2v) is 6.25. The molecule has 0 fully saturated rings. The maximum atomic E-state index is 11.9. The van der Waals surface area contributed by atoms with Gasteiger partial charge in [0.15, 0.2) is 0 Å². The molecule has 0 aliphatic rings. The fourth-order valence-corrected chi connectivity index (χ4v) is 2.92. The summed E-state index contributed by atoms with van der Waals surface area (Å²) in [6.07, 6.45) is 4.20. The topological polar surface area (TPSA) is 119 Å². The van der Waals surface area contributed by atoms with E-state index in [1.807, 2.05) is 42.7 Å².